The first kappa shape index (κ1) is 17.2. The predicted octanol–water partition coefficient (Wildman–Crippen LogP) is 3.89. The molecule has 4 nitrogen and oxygen atoms in total. The van der Waals surface area contributed by atoms with Gasteiger partial charge in [0.15, 0.2) is 0 Å². The number of carbonyl (C=O) groups is 2. The second-order valence-electron chi connectivity index (χ2n) is 6.62. The summed E-state index contributed by atoms with van der Waals surface area (Å²) in [5, 5.41) is 5.74. The lowest BCUT2D eigenvalue weighted by atomic mass is 9.68. The van der Waals surface area contributed by atoms with E-state index >= 15 is 0 Å². The Balaban J connectivity index is 1.79. The number of amides is 2. The predicted molar refractivity (Wildman–Crippen MR) is 99.7 cm³/mol. The first-order valence-corrected chi connectivity index (χ1v) is 8.85. The quantitative estimate of drug-likeness (QED) is 0.890. The molecule has 0 aromatic heterocycles. The summed E-state index contributed by atoms with van der Waals surface area (Å²) in [6.45, 7) is 0. The minimum absolute atomic E-state index is 0.0910. The lowest BCUT2D eigenvalue weighted by Crippen LogP contribution is -2.44. The van der Waals surface area contributed by atoms with E-state index in [1.807, 2.05) is 42.5 Å². The van der Waals surface area contributed by atoms with Crippen LogP contribution >= 0.6 is 0 Å². The molecule has 2 N–H and O–H groups in total. The highest BCUT2D eigenvalue weighted by Gasteiger charge is 2.40. The van der Waals surface area contributed by atoms with Gasteiger partial charge in [-0.15, -0.1) is 0 Å². The zero-order valence-electron chi connectivity index (χ0n) is 14.5. The van der Waals surface area contributed by atoms with Crippen LogP contribution in [0.5, 0.6) is 0 Å². The largest absolute Gasteiger partial charge is 0.358 e. The summed E-state index contributed by atoms with van der Waals surface area (Å²) in [7, 11) is 1.70. The van der Waals surface area contributed by atoms with Crippen LogP contribution in [0.2, 0.25) is 0 Å². The maximum absolute atomic E-state index is 12.6. The van der Waals surface area contributed by atoms with Crippen molar-refractivity contribution in [3.8, 4) is 0 Å². The standard InChI is InChI=1S/C21H24N2O2/c1-22-20(25)21(14-6-3-7-15-21)17-10-12-18(13-11-17)23-19(24)16-8-4-2-5-9-16/h2,4-5,8-13H,3,6-7,14-15H2,1H3,(H,22,25)(H,23,24). The van der Waals surface area contributed by atoms with Crippen LogP contribution in [0.1, 0.15) is 48.0 Å². The Hall–Kier alpha value is -2.62. The van der Waals surface area contributed by atoms with Gasteiger partial charge in [0, 0.05) is 18.3 Å². The average Bonchev–Trinajstić information content (AvgIpc) is 2.69. The molecule has 1 aliphatic rings. The molecule has 0 bridgehead atoms. The zero-order chi connectivity index (χ0) is 17.7. The molecule has 2 aromatic rings. The van der Waals surface area contributed by atoms with Crippen molar-refractivity contribution in [2.75, 3.05) is 12.4 Å². The van der Waals surface area contributed by atoms with E-state index in [2.05, 4.69) is 10.6 Å². The van der Waals surface area contributed by atoms with Crippen molar-refractivity contribution < 1.29 is 9.59 Å². The van der Waals surface area contributed by atoms with Gasteiger partial charge < -0.3 is 10.6 Å². The van der Waals surface area contributed by atoms with Gasteiger partial charge in [-0.25, -0.2) is 0 Å². The highest BCUT2D eigenvalue weighted by molar-refractivity contribution is 6.04. The summed E-state index contributed by atoms with van der Waals surface area (Å²) in [6, 6.07) is 16.8. The number of anilines is 1. The van der Waals surface area contributed by atoms with Crippen LogP contribution in [-0.4, -0.2) is 18.9 Å². The Morgan fingerprint density at radius 1 is 0.880 bits per heavy atom. The van der Waals surface area contributed by atoms with E-state index in [0.29, 0.717) is 5.56 Å². The van der Waals surface area contributed by atoms with Crippen molar-refractivity contribution in [3.05, 3.63) is 65.7 Å². The van der Waals surface area contributed by atoms with Gasteiger partial charge >= 0.3 is 0 Å². The third-order valence-corrected chi connectivity index (χ3v) is 5.10. The van der Waals surface area contributed by atoms with E-state index in [-0.39, 0.29) is 11.8 Å². The molecule has 2 aromatic carbocycles. The topological polar surface area (TPSA) is 58.2 Å². The van der Waals surface area contributed by atoms with E-state index in [1.54, 1.807) is 19.2 Å². The molecular weight excluding hydrogens is 312 g/mol. The number of nitrogens with one attached hydrogen (secondary N) is 2. The summed E-state index contributed by atoms with van der Waals surface area (Å²) >= 11 is 0. The summed E-state index contributed by atoms with van der Waals surface area (Å²) < 4.78 is 0. The van der Waals surface area contributed by atoms with Gasteiger partial charge in [0.05, 0.1) is 5.41 Å². The van der Waals surface area contributed by atoms with Crippen LogP contribution in [0.3, 0.4) is 0 Å². The minimum atomic E-state index is -0.436. The van der Waals surface area contributed by atoms with Gasteiger partial charge in [-0.2, -0.15) is 0 Å². The van der Waals surface area contributed by atoms with Gasteiger partial charge in [-0.1, -0.05) is 49.6 Å². The molecule has 0 heterocycles. The van der Waals surface area contributed by atoms with E-state index in [1.165, 1.54) is 6.42 Å². The molecule has 130 valence electrons. The molecule has 0 unspecified atom stereocenters. The van der Waals surface area contributed by atoms with E-state index in [9.17, 15) is 9.59 Å². The average molecular weight is 336 g/mol. The summed E-state index contributed by atoms with van der Waals surface area (Å²) in [4.78, 5) is 24.8. The summed E-state index contributed by atoms with van der Waals surface area (Å²) in [5.74, 6) is -0.0414. The van der Waals surface area contributed by atoms with Crippen LogP contribution in [0.15, 0.2) is 54.6 Å². The van der Waals surface area contributed by atoms with Crippen molar-refractivity contribution in [2.45, 2.75) is 37.5 Å². The van der Waals surface area contributed by atoms with E-state index in [4.69, 9.17) is 0 Å². The third kappa shape index (κ3) is 3.58. The molecule has 4 heteroatoms. The SMILES string of the molecule is CNC(=O)C1(c2ccc(NC(=O)c3ccccc3)cc2)CCCCC1. The molecule has 1 saturated carbocycles. The van der Waals surface area contributed by atoms with Crippen LogP contribution in [0.4, 0.5) is 5.69 Å². The first-order chi connectivity index (χ1) is 12.2. The van der Waals surface area contributed by atoms with Gasteiger partial charge in [-0.3, -0.25) is 9.59 Å². The van der Waals surface area contributed by atoms with E-state index < -0.39 is 5.41 Å². The third-order valence-electron chi connectivity index (χ3n) is 5.10. The molecule has 0 spiro atoms. The van der Waals surface area contributed by atoms with Crippen molar-refractivity contribution >= 4 is 17.5 Å². The summed E-state index contributed by atoms with van der Waals surface area (Å²) in [6.07, 6.45) is 5.08. The maximum Gasteiger partial charge on any atom is 0.255 e. The monoisotopic (exact) mass is 336 g/mol. The normalized spacial score (nSPS) is 16.0. The Kier molecular flexibility index (Phi) is 5.17. The Morgan fingerprint density at radius 2 is 1.52 bits per heavy atom. The molecule has 2 amide bonds. The number of likely N-dealkylation sites (N-methyl/N-ethyl adjacent to an activating group) is 1. The molecule has 25 heavy (non-hydrogen) atoms. The molecule has 0 atom stereocenters. The van der Waals surface area contributed by atoms with Gasteiger partial charge in [0.25, 0.3) is 5.91 Å². The Morgan fingerprint density at radius 3 is 2.12 bits per heavy atom. The molecule has 3 rings (SSSR count). The highest BCUT2D eigenvalue weighted by Crippen LogP contribution is 2.40. The van der Waals surface area contributed by atoms with E-state index in [0.717, 1.165) is 36.9 Å². The van der Waals surface area contributed by atoms with Crippen LogP contribution in [0, 0.1) is 0 Å². The maximum atomic E-state index is 12.6. The molecule has 0 aliphatic heterocycles. The lowest BCUT2D eigenvalue weighted by molar-refractivity contribution is -0.127. The zero-order valence-corrected chi connectivity index (χ0v) is 14.5. The number of rotatable bonds is 4. The van der Waals surface area contributed by atoms with Crippen LogP contribution in [-0.2, 0) is 10.2 Å². The van der Waals surface area contributed by atoms with Gasteiger partial charge in [0.2, 0.25) is 5.91 Å². The van der Waals surface area contributed by atoms with Crippen molar-refractivity contribution in [1.29, 1.82) is 0 Å². The number of carbonyl (C=O) groups excluding carboxylic acids is 2. The molecule has 0 saturated heterocycles. The van der Waals surface area contributed by atoms with Crippen LogP contribution in [0.25, 0.3) is 0 Å². The summed E-state index contributed by atoms with van der Waals surface area (Å²) in [5.41, 5.74) is 1.96. The molecule has 0 radical (unpaired) electrons. The van der Waals surface area contributed by atoms with Crippen molar-refractivity contribution in [3.63, 3.8) is 0 Å². The van der Waals surface area contributed by atoms with Crippen molar-refractivity contribution in [1.82, 2.24) is 5.32 Å². The second-order valence-corrected chi connectivity index (χ2v) is 6.62. The number of benzene rings is 2. The molecule has 1 fully saturated rings. The fraction of sp³-hybridized carbons (Fsp3) is 0.333. The fourth-order valence-corrected chi connectivity index (χ4v) is 3.71. The van der Waals surface area contributed by atoms with Crippen molar-refractivity contribution in [2.24, 2.45) is 0 Å². The number of hydrogen-bond acceptors (Lipinski definition) is 2. The van der Waals surface area contributed by atoms with Gasteiger partial charge in [-0.05, 0) is 42.7 Å². The number of hydrogen-bond donors (Lipinski definition) is 2. The smallest absolute Gasteiger partial charge is 0.255 e. The fourth-order valence-electron chi connectivity index (χ4n) is 3.71. The second kappa shape index (κ2) is 7.51. The molecular formula is C21H24N2O2. The van der Waals surface area contributed by atoms with Crippen LogP contribution < -0.4 is 10.6 Å². The Labute approximate surface area is 148 Å². The molecule has 1 aliphatic carbocycles. The van der Waals surface area contributed by atoms with Gasteiger partial charge in [0.1, 0.15) is 0 Å². The Bertz CT molecular complexity index is 732. The first-order valence-electron chi connectivity index (χ1n) is 8.85. The minimum Gasteiger partial charge on any atom is -0.358 e. The lowest BCUT2D eigenvalue weighted by Gasteiger charge is -2.36. The highest BCUT2D eigenvalue weighted by atomic mass is 16.2.